The highest BCUT2D eigenvalue weighted by Crippen LogP contribution is 2.72. The molecule has 0 radical (unpaired) electrons. The van der Waals surface area contributed by atoms with E-state index in [4.69, 9.17) is 0 Å². The second kappa shape index (κ2) is 5.64. The van der Waals surface area contributed by atoms with Crippen molar-refractivity contribution in [2.45, 2.75) is 44.9 Å². The fourth-order valence-electron chi connectivity index (χ4n) is 6.86. The first kappa shape index (κ1) is 16.9. The largest absolute Gasteiger partial charge is 0.299 e. The van der Waals surface area contributed by atoms with Crippen LogP contribution in [0, 0.1) is 22.7 Å². The quantitative estimate of drug-likeness (QED) is 0.744. The molecule has 4 aliphatic rings. The van der Waals surface area contributed by atoms with Crippen molar-refractivity contribution in [1.29, 1.82) is 0 Å². The van der Waals surface area contributed by atoms with Crippen molar-refractivity contribution in [1.82, 2.24) is 0 Å². The minimum atomic E-state index is -0.457. The van der Waals surface area contributed by atoms with Crippen LogP contribution in [0.3, 0.4) is 0 Å². The number of carbonyl (C=O) groups excluding carboxylic acids is 2. The summed E-state index contributed by atoms with van der Waals surface area (Å²) in [6.07, 6.45) is 2.38. The molecule has 2 heteroatoms. The maximum absolute atomic E-state index is 13.9. The van der Waals surface area contributed by atoms with Crippen LogP contribution >= 0.6 is 0 Å². The molecule has 6 rings (SSSR count). The Balaban J connectivity index is 1.69. The molecule has 6 atom stereocenters. The fourth-order valence-corrected chi connectivity index (χ4v) is 6.86. The van der Waals surface area contributed by atoms with Gasteiger partial charge in [-0.1, -0.05) is 74.5 Å². The summed E-state index contributed by atoms with van der Waals surface area (Å²) in [5.41, 5.74) is 1.58. The molecule has 0 spiro atoms. The number of hydrogen-bond donors (Lipinski definition) is 0. The highest BCUT2D eigenvalue weighted by Gasteiger charge is 2.72. The topological polar surface area (TPSA) is 34.1 Å². The van der Waals surface area contributed by atoms with E-state index in [0.29, 0.717) is 18.0 Å². The first-order valence-electron chi connectivity index (χ1n) is 10.2. The molecule has 0 aromatic heterocycles. The van der Waals surface area contributed by atoms with Gasteiger partial charge in [-0.25, -0.2) is 0 Å². The standard InChI is InChI=1S/C25H26O2/c1-24-14-13-18-21(17-11-7-4-8-12-17)22(24)20(26)15-19(25(24,2)23(18)27)16-9-5-3-6-10-16/h3-12,18-19,21-22H,13-15H2,1-2H3. The molecule has 0 N–H and O–H groups in total. The summed E-state index contributed by atoms with van der Waals surface area (Å²) in [7, 11) is 0. The van der Waals surface area contributed by atoms with Crippen molar-refractivity contribution in [3.63, 3.8) is 0 Å². The van der Waals surface area contributed by atoms with Gasteiger partial charge in [-0.15, -0.1) is 0 Å². The molecular formula is C25H26O2. The summed E-state index contributed by atoms with van der Waals surface area (Å²) >= 11 is 0. The average Bonchev–Trinajstić information content (AvgIpc) is 2.70. The minimum absolute atomic E-state index is 0.000488. The van der Waals surface area contributed by atoms with Gasteiger partial charge in [0.05, 0.1) is 0 Å². The number of rotatable bonds is 2. The summed E-state index contributed by atoms with van der Waals surface area (Å²) < 4.78 is 0. The number of ketones is 2. The van der Waals surface area contributed by atoms with E-state index >= 15 is 0 Å². The van der Waals surface area contributed by atoms with Gasteiger partial charge in [0.15, 0.2) is 0 Å². The second-order valence-corrected chi connectivity index (χ2v) is 9.18. The van der Waals surface area contributed by atoms with Crippen LogP contribution < -0.4 is 0 Å². The zero-order valence-corrected chi connectivity index (χ0v) is 16.0. The van der Waals surface area contributed by atoms with E-state index in [1.807, 2.05) is 36.4 Å². The van der Waals surface area contributed by atoms with E-state index in [0.717, 1.165) is 18.4 Å². The molecule has 2 nitrogen and oxygen atoms in total. The summed E-state index contributed by atoms with van der Waals surface area (Å²) in [5.74, 6) is 0.729. The molecule has 4 fully saturated rings. The summed E-state index contributed by atoms with van der Waals surface area (Å²) in [6.45, 7) is 4.40. The molecule has 4 bridgehead atoms. The van der Waals surface area contributed by atoms with Gasteiger partial charge in [-0.2, -0.15) is 0 Å². The van der Waals surface area contributed by atoms with Gasteiger partial charge in [-0.3, -0.25) is 9.59 Å². The highest BCUT2D eigenvalue weighted by atomic mass is 16.1. The van der Waals surface area contributed by atoms with E-state index in [1.165, 1.54) is 5.56 Å². The van der Waals surface area contributed by atoms with Crippen LogP contribution in [0.5, 0.6) is 0 Å². The Hall–Kier alpha value is -2.22. The third kappa shape index (κ3) is 2.02. The maximum atomic E-state index is 13.9. The zero-order valence-electron chi connectivity index (χ0n) is 16.0. The van der Waals surface area contributed by atoms with Gasteiger partial charge in [0.25, 0.3) is 0 Å². The Kier molecular flexibility index (Phi) is 3.53. The lowest BCUT2D eigenvalue weighted by Crippen LogP contribution is -2.68. The number of Topliss-reactive ketones (excluding diaryl/α,β-unsaturated/α-hetero) is 2. The first-order valence-corrected chi connectivity index (χ1v) is 10.2. The van der Waals surface area contributed by atoms with Crippen LogP contribution in [0.4, 0.5) is 0 Å². The Morgan fingerprint density at radius 3 is 2.07 bits per heavy atom. The predicted octanol–water partition coefficient (Wildman–Crippen LogP) is 5.15. The second-order valence-electron chi connectivity index (χ2n) is 9.18. The van der Waals surface area contributed by atoms with Gasteiger partial charge in [-0.05, 0) is 29.4 Å². The molecule has 4 aliphatic carbocycles. The van der Waals surface area contributed by atoms with Crippen molar-refractivity contribution in [2.24, 2.45) is 22.7 Å². The lowest BCUT2D eigenvalue weighted by Gasteiger charge is -2.67. The average molecular weight is 358 g/mol. The lowest BCUT2D eigenvalue weighted by atomic mass is 9.34. The van der Waals surface area contributed by atoms with Crippen LogP contribution in [-0.2, 0) is 9.59 Å². The third-order valence-electron chi connectivity index (χ3n) is 8.32. The van der Waals surface area contributed by atoms with E-state index in [9.17, 15) is 9.59 Å². The Labute approximate surface area is 161 Å². The monoisotopic (exact) mass is 358 g/mol. The van der Waals surface area contributed by atoms with Gasteiger partial charge in [0.1, 0.15) is 11.6 Å². The van der Waals surface area contributed by atoms with Crippen molar-refractivity contribution >= 4 is 11.6 Å². The Morgan fingerprint density at radius 2 is 1.44 bits per heavy atom. The van der Waals surface area contributed by atoms with Crippen molar-refractivity contribution < 1.29 is 9.59 Å². The van der Waals surface area contributed by atoms with Gasteiger partial charge in [0, 0.05) is 35.5 Å². The highest BCUT2D eigenvalue weighted by molar-refractivity contribution is 5.99. The molecule has 4 saturated carbocycles. The van der Waals surface area contributed by atoms with E-state index in [1.54, 1.807) is 0 Å². The smallest absolute Gasteiger partial charge is 0.143 e. The molecule has 0 heterocycles. The molecule has 0 amide bonds. The predicted molar refractivity (Wildman–Crippen MR) is 105 cm³/mol. The van der Waals surface area contributed by atoms with Gasteiger partial charge >= 0.3 is 0 Å². The van der Waals surface area contributed by atoms with E-state index < -0.39 is 5.41 Å². The number of fused-ring (bicyclic) bond motifs is 1. The molecule has 0 saturated heterocycles. The van der Waals surface area contributed by atoms with Crippen LogP contribution in [0.25, 0.3) is 0 Å². The van der Waals surface area contributed by atoms with Crippen LogP contribution in [0.2, 0.25) is 0 Å². The number of carbonyl (C=O) groups is 2. The molecule has 138 valence electrons. The van der Waals surface area contributed by atoms with Crippen LogP contribution in [0.15, 0.2) is 60.7 Å². The van der Waals surface area contributed by atoms with E-state index in [-0.39, 0.29) is 29.1 Å². The van der Waals surface area contributed by atoms with Crippen molar-refractivity contribution in [3.05, 3.63) is 71.8 Å². The maximum Gasteiger partial charge on any atom is 0.143 e. The Bertz CT molecular complexity index is 865. The normalized spacial score (nSPS) is 40.2. The Morgan fingerprint density at radius 1 is 0.852 bits per heavy atom. The minimum Gasteiger partial charge on any atom is -0.299 e. The molecule has 6 unspecified atom stereocenters. The van der Waals surface area contributed by atoms with Crippen LogP contribution in [-0.4, -0.2) is 11.6 Å². The number of benzene rings is 2. The van der Waals surface area contributed by atoms with Crippen LogP contribution in [0.1, 0.15) is 56.1 Å². The van der Waals surface area contributed by atoms with Gasteiger partial charge in [0.2, 0.25) is 0 Å². The number of hydrogen-bond acceptors (Lipinski definition) is 2. The molecule has 27 heavy (non-hydrogen) atoms. The summed E-state index contributed by atoms with van der Waals surface area (Å²) in [6, 6.07) is 20.5. The molecule has 2 aromatic rings. The van der Waals surface area contributed by atoms with Crippen molar-refractivity contribution in [3.8, 4) is 0 Å². The fraction of sp³-hybridized carbons (Fsp3) is 0.440. The van der Waals surface area contributed by atoms with Gasteiger partial charge < -0.3 is 0 Å². The molecule has 0 aliphatic heterocycles. The summed E-state index contributed by atoms with van der Waals surface area (Å²) in [4.78, 5) is 27.4. The molecular weight excluding hydrogens is 332 g/mol. The zero-order chi connectivity index (χ0) is 18.8. The SMILES string of the molecule is CC12CCC3C(=O)C1(C)C(c1ccccc1)CC(=O)C2C3c1ccccc1. The third-order valence-corrected chi connectivity index (χ3v) is 8.32. The lowest BCUT2D eigenvalue weighted by molar-refractivity contribution is -0.187. The van der Waals surface area contributed by atoms with Crippen molar-refractivity contribution in [2.75, 3.05) is 0 Å². The first-order chi connectivity index (χ1) is 13.0. The summed E-state index contributed by atoms with van der Waals surface area (Å²) in [5, 5.41) is 0. The van der Waals surface area contributed by atoms with E-state index in [2.05, 4.69) is 38.1 Å². The molecule has 2 aromatic carbocycles.